The van der Waals surface area contributed by atoms with Crippen LogP contribution in [0.4, 0.5) is 0 Å². The van der Waals surface area contributed by atoms with Gasteiger partial charge in [0.1, 0.15) is 11.6 Å². The molecule has 0 aliphatic heterocycles. The third-order valence-electron chi connectivity index (χ3n) is 2.72. The molecule has 0 unspecified atom stereocenters. The molecule has 98 valence electrons. The number of rotatable bonds is 4. The van der Waals surface area contributed by atoms with Crippen LogP contribution in [0.3, 0.4) is 0 Å². The van der Waals surface area contributed by atoms with Gasteiger partial charge in [0.05, 0.1) is 12.7 Å². The molecule has 0 aliphatic carbocycles. The van der Waals surface area contributed by atoms with Gasteiger partial charge in [0.15, 0.2) is 11.5 Å². The predicted octanol–water partition coefficient (Wildman–Crippen LogP) is 3.08. The van der Waals surface area contributed by atoms with Gasteiger partial charge >= 0.3 is 0 Å². The number of para-hydroxylation sites is 2. The summed E-state index contributed by atoms with van der Waals surface area (Å²) in [6, 6.07) is 12.9. The summed E-state index contributed by atoms with van der Waals surface area (Å²) in [5.74, 6) is 1.76. The SMILES string of the molecule is COc1ccccc1Oc1cc(C)ccc1C(=N)N. The molecular weight excluding hydrogens is 240 g/mol. The summed E-state index contributed by atoms with van der Waals surface area (Å²) in [4.78, 5) is 0. The topological polar surface area (TPSA) is 68.3 Å². The maximum Gasteiger partial charge on any atom is 0.169 e. The zero-order chi connectivity index (χ0) is 13.8. The molecule has 2 rings (SSSR count). The Balaban J connectivity index is 2.42. The summed E-state index contributed by atoms with van der Waals surface area (Å²) in [7, 11) is 1.59. The van der Waals surface area contributed by atoms with Crippen LogP contribution in [0.1, 0.15) is 11.1 Å². The molecule has 2 aromatic carbocycles. The molecule has 0 aliphatic rings. The van der Waals surface area contributed by atoms with Gasteiger partial charge in [-0.2, -0.15) is 0 Å². The van der Waals surface area contributed by atoms with E-state index in [9.17, 15) is 0 Å². The van der Waals surface area contributed by atoms with Crippen LogP contribution in [0.2, 0.25) is 0 Å². The minimum Gasteiger partial charge on any atom is -0.493 e. The summed E-state index contributed by atoms with van der Waals surface area (Å²) in [6.07, 6.45) is 0. The van der Waals surface area contributed by atoms with Crippen LogP contribution in [0.15, 0.2) is 42.5 Å². The maximum absolute atomic E-state index is 7.58. The van der Waals surface area contributed by atoms with Crippen molar-refractivity contribution in [3.05, 3.63) is 53.6 Å². The number of nitrogens with two attached hydrogens (primary N) is 1. The first-order valence-corrected chi connectivity index (χ1v) is 5.87. The van der Waals surface area contributed by atoms with Gasteiger partial charge < -0.3 is 15.2 Å². The van der Waals surface area contributed by atoms with Crippen molar-refractivity contribution < 1.29 is 9.47 Å². The van der Waals surface area contributed by atoms with E-state index in [0.29, 0.717) is 22.8 Å². The minimum absolute atomic E-state index is 0.0232. The van der Waals surface area contributed by atoms with E-state index in [1.54, 1.807) is 13.2 Å². The first-order valence-electron chi connectivity index (χ1n) is 5.87. The van der Waals surface area contributed by atoms with Crippen molar-refractivity contribution in [3.63, 3.8) is 0 Å². The number of methoxy groups -OCH3 is 1. The standard InChI is InChI=1S/C15H16N2O2/c1-10-7-8-11(15(16)17)14(9-10)19-13-6-4-3-5-12(13)18-2/h3-9H,1-2H3,(H3,16,17). The summed E-state index contributed by atoms with van der Waals surface area (Å²) in [5, 5.41) is 7.58. The highest BCUT2D eigenvalue weighted by molar-refractivity contribution is 5.97. The van der Waals surface area contributed by atoms with Crippen molar-refractivity contribution >= 4 is 5.84 Å². The highest BCUT2D eigenvalue weighted by atomic mass is 16.5. The summed E-state index contributed by atoms with van der Waals surface area (Å²) < 4.78 is 11.1. The van der Waals surface area contributed by atoms with Gasteiger partial charge in [0, 0.05) is 0 Å². The van der Waals surface area contributed by atoms with E-state index in [4.69, 9.17) is 20.6 Å². The lowest BCUT2D eigenvalue weighted by molar-refractivity contribution is 0.378. The Morgan fingerprint density at radius 2 is 1.74 bits per heavy atom. The lowest BCUT2D eigenvalue weighted by Gasteiger charge is -2.13. The van der Waals surface area contributed by atoms with Crippen molar-refractivity contribution in [1.29, 1.82) is 5.41 Å². The highest BCUT2D eigenvalue weighted by Gasteiger charge is 2.10. The number of ether oxygens (including phenoxy) is 2. The molecule has 2 aromatic rings. The van der Waals surface area contributed by atoms with Crippen LogP contribution in [0.5, 0.6) is 17.2 Å². The van der Waals surface area contributed by atoms with E-state index in [0.717, 1.165) is 5.56 Å². The minimum atomic E-state index is -0.0232. The van der Waals surface area contributed by atoms with Crippen molar-refractivity contribution in [2.45, 2.75) is 6.92 Å². The number of benzene rings is 2. The Bertz CT molecular complexity index is 609. The molecule has 0 heterocycles. The largest absolute Gasteiger partial charge is 0.493 e. The fraction of sp³-hybridized carbons (Fsp3) is 0.133. The summed E-state index contributed by atoms with van der Waals surface area (Å²) >= 11 is 0. The Hall–Kier alpha value is -2.49. The molecular formula is C15H16N2O2. The normalized spacial score (nSPS) is 10.0. The fourth-order valence-corrected chi connectivity index (χ4v) is 1.76. The van der Waals surface area contributed by atoms with Crippen molar-refractivity contribution in [1.82, 2.24) is 0 Å². The average Bonchev–Trinajstić information content (AvgIpc) is 2.39. The van der Waals surface area contributed by atoms with Crippen molar-refractivity contribution in [2.75, 3.05) is 7.11 Å². The molecule has 0 fully saturated rings. The Morgan fingerprint density at radius 3 is 2.37 bits per heavy atom. The molecule has 0 spiro atoms. The van der Waals surface area contributed by atoms with E-state index in [1.807, 2.05) is 43.3 Å². The van der Waals surface area contributed by atoms with Crippen molar-refractivity contribution in [2.24, 2.45) is 5.73 Å². The Kier molecular flexibility index (Phi) is 3.71. The molecule has 0 bridgehead atoms. The second-order valence-electron chi connectivity index (χ2n) is 4.17. The zero-order valence-corrected chi connectivity index (χ0v) is 10.9. The number of hydrogen-bond donors (Lipinski definition) is 2. The van der Waals surface area contributed by atoms with Gasteiger partial charge in [-0.1, -0.05) is 18.2 Å². The molecule has 0 amide bonds. The first kappa shape index (κ1) is 13.0. The van der Waals surface area contributed by atoms with Gasteiger partial charge in [-0.15, -0.1) is 0 Å². The molecule has 0 aromatic heterocycles. The summed E-state index contributed by atoms with van der Waals surface area (Å²) in [5.41, 5.74) is 7.16. The second-order valence-corrected chi connectivity index (χ2v) is 4.17. The van der Waals surface area contributed by atoms with Crippen LogP contribution >= 0.6 is 0 Å². The van der Waals surface area contributed by atoms with Crippen LogP contribution < -0.4 is 15.2 Å². The van der Waals surface area contributed by atoms with Gasteiger partial charge in [-0.05, 0) is 36.8 Å². The first-order chi connectivity index (χ1) is 9.11. The molecule has 0 radical (unpaired) electrons. The van der Waals surface area contributed by atoms with E-state index >= 15 is 0 Å². The highest BCUT2D eigenvalue weighted by Crippen LogP contribution is 2.33. The number of nitrogen functional groups attached to an aromatic ring is 1. The van der Waals surface area contributed by atoms with Crippen LogP contribution in [-0.4, -0.2) is 12.9 Å². The molecule has 0 atom stereocenters. The quantitative estimate of drug-likeness (QED) is 0.652. The van der Waals surface area contributed by atoms with Gasteiger partial charge in [0.25, 0.3) is 0 Å². The van der Waals surface area contributed by atoms with Gasteiger partial charge in [0.2, 0.25) is 0 Å². The number of amidine groups is 1. The summed E-state index contributed by atoms with van der Waals surface area (Å²) in [6.45, 7) is 1.96. The monoisotopic (exact) mass is 256 g/mol. The van der Waals surface area contributed by atoms with E-state index < -0.39 is 0 Å². The number of nitrogens with one attached hydrogen (secondary N) is 1. The molecule has 4 heteroatoms. The fourth-order valence-electron chi connectivity index (χ4n) is 1.76. The smallest absolute Gasteiger partial charge is 0.169 e. The molecule has 4 nitrogen and oxygen atoms in total. The van der Waals surface area contributed by atoms with Crippen LogP contribution in [-0.2, 0) is 0 Å². The third-order valence-corrected chi connectivity index (χ3v) is 2.72. The third kappa shape index (κ3) is 2.85. The average molecular weight is 256 g/mol. The van der Waals surface area contributed by atoms with Crippen molar-refractivity contribution in [3.8, 4) is 17.2 Å². The molecule has 3 N–H and O–H groups in total. The predicted molar refractivity (Wildman–Crippen MR) is 75.3 cm³/mol. The van der Waals surface area contributed by atoms with E-state index in [1.165, 1.54) is 0 Å². The number of hydrogen-bond acceptors (Lipinski definition) is 3. The van der Waals surface area contributed by atoms with Crippen LogP contribution in [0.25, 0.3) is 0 Å². The Labute approximate surface area is 112 Å². The van der Waals surface area contributed by atoms with E-state index in [2.05, 4.69) is 0 Å². The Morgan fingerprint density at radius 1 is 1.05 bits per heavy atom. The lowest BCUT2D eigenvalue weighted by Crippen LogP contribution is -2.12. The van der Waals surface area contributed by atoms with Gasteiger partial charge in [-0.25, -0.2) is 0 Å². The molecule has 19 heavy (non-hydrogen) atoms. The zero-order valence-electron chi connectivity index (χ0n) is 10.9. The second kappa shape index (κ2) is 5.44. The van der Waals surface area contributed by atoms with E-state index in [-0.39, 0.29) is 5.84 Å². The maximum atomic E-state index is 7.58. The van der Waals surface area contributed by atoms with Gasteiger partial charge in [-0.3, -0.25) is 5.41 Å². The lowest BCUT2D eigenvalue weighted by atomic mass is 10.1. The molecule has 0 saturated carbocycles. The number of aryl methyl sites for hydroxylation is 1. The molecule has 0 saturated heterocycles. The van der Waals surface area contributed by atoms with Crippen LogP contribution in [0, 0.1) is 12.3 Å².